The van der Waals surface area contributed by atoms with Gasteiger partial charge in [-0.05, 0) is 11.6 Å². The summed E-state index contributed by atoms with van der Waals surface area (Å²) >= 11 is 5.70. The highest BCUT2D eigenvalue weighted by molar-refractivity contribution is 6.32. The summed E-state index contributed by atoms with van der Waals surface area (Å²) in [4.78, 5) is 9.91. The van der Waals surface area contributed by atoms with E-state index in [4.69, 9.17) is 16.7 Å². The summed E-state index contributed by atoms with van der Waals surface area (Å²) in [5.41, 5.74) is 0.684. The zero-order valence-electron chi connectivity index (χ0n) is 7.61. The third-order valence-corrected chi connectivity index (χ3v) is 2.31. The molecule has 1 atom stereocenters. The maximum atomic E-state index is 10.4. The molecule has 1 N–H and O–H groups in total. The smallest absolute Gasteiger partial charge is 0.287 e. The molecule has 76 valence electrons. The fourth-order valence-corrected chi connectivity index (χ4v) is 1.34. The number of nitro benzene ring substituents is 1. The fraction of sp³-hybridized carbons (Fsp3) is 0.333. The molecule has 0 aliphatic carbocycles. The molecule has 0 spiro atoms. The van der Waals surface area contributed by atoms with Gasteiger partial charge >= 0.3 is 0 Å². The minimum atomic E-state index is -0.532. The van der Waals surface area contributed by atoms with Gasteiger partial charge < -0.3 is 5.11 Å². The maximum Gasteiger partial charge on any atom is 0.287 e. The Morgan fingerprint density at radius 3 is 2.71 bits per heavy atom. The molecule has 1 aromatic carbocycles. The van der Waals surface area contributed by atoms with E-state index in [1.54, 1.807) is 6.07 Å². The molecule has 5 heteroatoms. The first-order valence-corrected chi connectivity index (χ1v) is 4.48. The summed E-state index contributed by atoms with van der Waals surface area (Å²) in [5, 5.41) is 19.4. The number of halogens is 1. The molecule has 1 aromatic rings. The topological polar surface area (TPSA) is 63.4 Å². The van der Waals surface area contributed by atoms with Crippen LogP contribution in [0.15, 0.2) is 18.2 Å². The largest absolute Gasteiger partial charge is 0.396 e. The summed E-state index contributed by atoms with van der Waals surface area (Å²) in [7, 11) is 0. The van der Waals surface area contributed by atoms with Crippen LogP contribution >= 0.6 is 11.6 Å². The maximum absolute atomic E-state index is 10.4. The highest BCUT2D eigenvalue weighted by Gasteiger charge is 2.14. The number of nitrogens with zero attached hydrogens (tertiary/aromatic N) is 1. The van der Waals surface area contributed by atoms with E-state index in [1.165, 1.54) is 12.1 Å². The molecule has 14 heavy (non-hydrogen) atoms. The highest BCUT2D eigenvalue weighted by Crippen LogP contribution is 2.27. The van der Waals surface area contributed by atoms with Crippen molar-refractivity contribution >= 4 is 17.3 Å². The molecule has 0 amide bonds. The molecule has 0 saturated heterocycles. The van der Waals surface area contributed by atoms with Crippen molar-refractivity contribution in [3.63, 3.8) is 0 Å². The van der Waals surface area contributed by atoms with Crippen LogP contribution in [0, 0.1) is 10.1 Å². The predicted molar refractivity (Wildman–Crippen MR) is 53.6 cm³/mol. The van der Waals surface area contributed by atoms with Crippen LogP contribution in [0.2, 0.25) is 5.02 Å². The molecule has 0 aliphatic heterocycles. The third kappa shape index (κ3) is 2.21. The van der Waals surface area contributed by atoms with Crippen LogP contribution in [0.3, 0.4) is 0 Å². The van der Waals surface area contributed by atoms with Gasteiger partial charge in [0.2, 0.25) is 0 Å². The van der Waals surface area contributed by atoms with E-state index >= 15 is 0 Å². The Morgan fingerprint density at radius 1 is 1.64 bits per heavy atom. The highest BCUT2D eigenvalue weighted by atomic mass is 35.5. The average molecular weight is 216 g/mol. The van der Waals surface area contributed by atoms with E-state index in [9.17, 15) is 10.1 Å². The van der Waals surface area contributed by atoms with Crippen molar-refractivity contribution in [3.8, 4) is 0 Å². The van der Waals surface area contributed by atoms with Crippen molar-refractivity contribution in [1.29, 1.82) is 0 Å². The predicted octanol–water partition coefficient (Wildman–Crippen LogP) is 2.34. The number of hydrogen-bond acceptors (Lipinski definition) is 3. The van der Waals surface area contributed by atoms with E-state index in [2.05, 4.69) is 0 Å². The number of aliphatic hydroxyl groups is 1. The Bertz CT molecular complexity index is 354. The van der Waals surface area contributed by atoms with Crippen molar-refractivity contribution in [2.45, 2.75) is 12.8 Å². The van der Waals surface area contributed by atoms with Crippen LogP contribution in [0.1, 0.15) is 18.4 Å². The second kappa shape index (κ2) is 4.39. The minimum Gasteiger partial charge on any atom is -0.396 e. The lowest BCUT2D eigenvalue weighted by Crippen LogP contribution is -1.99. The average Bonchev–Trinajstić information content (AvgIpc) is 2.15. The molecule has 1 rings (SSSR count). The lowest BCUT2D eigenvalue weighted by molar-refractivity contribution is -0.384. The van der Waals surface area contributed by atoms with Gasteiger partial charge in [0.15, 0.2) is 0 Å². The molecule has 0 fully saturated rings. The SMILES string of the molecule is CC(CO)c1ccc([N+](=O)[O-])c(Cl)c1. The van der Waals surface area contributed by atoms with E-state index < -0.39 is 4.92 Å². The number of nitro groups is 1. The van der Waals surface area contributed by atoms with Gasteiger partial charge in [-0.2, -0.15) is 0 Å². The Morgan fingerprint density at radius 2 is 2.29 bits per heavy atom. The van der Waals surface area contributed by atoms with Gasteiger partial charge in [-0.1, -0.05) is 24.6 Å². The van der Waals surface area contributed by atoms with E-state index in [1.807, 2.05) is 6.92 Å². The van der Waals surface area contributed by atoms with Crippen molar-refractivity contribution < 1.29 is 10.0 Å². The first-order chi connectivity index (χ1) is 6.56. The summed E-state index contributed by atoms with van der Waals surface area (Å²) in [6, 6.07) is 4.47. The molecule has 1 unspecified atom stereocenters. The summed E-state index contributed by atoms with van der Waals surface area (Å²) in [5.74, 6) is -0.0618. The van der Waals surface area contributed by atoms with Gasteiger partial charge in [0.05, 0.1) is 4.92 Å². The first kappa shape index (κ1) is 10.9. The van der Waals surface area contributed by atoms with Crippen LogP contribution in [0.4, 0.5) is 5.69 Å². The van der Waals surface area contributed by atoms with Crippen molar-refractivity contribution in [2.24, 2.45) is 0 Å². The molecular weight excluding hydrogens is 206 g/mol. The summed E-state index contributed by atoms with van der Waals surface area (Å²) < 4.78 is 0. The first-order valence-electron chi connectivity index (χ1n) is 4.11. The number of rotatable bonds is 3. The van der Waals surface area contributed by atoms with Gasteiger partial charge in [0, 0.05) is 18.6 Å². The molecule has 0 aliphatic rings. The quantitative estimate of drug-likeness (QED) is 0.622. The van der Waals surface area contributed by atoms with Gasteiger partial charge in [-0.3, -0.25) is 10.1 Å². The zero-order chi connectivity index (χ0) is 10.7. The lowest BCUT2D eigenvalue weighted by atomic mass is 10.0. The monoisotopic (exact) mass is 215 g/mol. The normalized spacial score (nSPS) is 12.5. The van der Waals surface area contributed by atoms with Crippen LogP contribution in [0.25, 0.3) is 0 Å². The van der Waals surface area contributed by atoms with Crippen LogP contribution in [-0.2, 0) is 0 Å². The molecular formula is C9H10ClNO3. The standard InChI is InChI=1S/C9H10ClNO3/c1-6(5-12)7-2-3-9(11(13)14)8(10)4-7/h2-4,6,12H,5H2,1H3. The molecule has 0 radical (unpaired) electrons. The van der Waals surface area contributed by atoms with Crippen molar-refractivity contribution in [3.05, 3.63) is 38.9 Å². The van der Waals surface area contributed by atoms with Gasteiger partial charge in [0.25, 0.3) is 5.69 Å². The Labute approximate surface area is 86.3 Å². The van der Waals surface area contributed by atoms with Crippen molar-refractivity contribution in [2.75, 3.05) is 6.61 Å². The Hall–Kier alpha value is -1.13. The van der Waals surface area contributed by atoms with Crippen LogP contribution in [0.5, 0.6) is 0 Å². The molecule has 0 heterocycles. The van der Waals surface area contributed by atoms with Crippen LogP contribution in [-0.4, -0.2) is 16.6 Å². The molecule has 0 bridgehead atoms. The van der Waals surface area contributed by atoms with E-state index in [-0.39, 0.29) is 23.2 Å². The zero-order valence-corrected chi connectivity index (χ0v) is 8.36. The lowest BCUT2D eigenvalue weighted by Gasteiger charge is -2.07. The van der Waals surface area contributed by atoms with Crippen LogP contribution < -0.4 is 0 Å². The van der Waals surface area contributed by atoms with E-state index in [0.29, 0.717) is 0 Å². The second-order valence-electron chi connectivity index (χ2n) is 3.05. The summed E-state index contributed by atoms with van der Waals surface area (Å²) in [6.45, 7) is 1.81. The van der Waals surface area contributed by atoms with Gasteiger partial charge in [-0.15, -0.1) is 0 Å². The van der Waals surface area contributed by atoms with Crippen molar-refractivity contribution in [1.82, 2.24) is 0 Å². The fourth-order valence-electron chi connectivity index (χ4n) is 1.08. The number of aliphatic hydroxyl groups excluding tert-OH is 1. The number of hydrogen-bond donors (Lipinski definition) is 1. The Kier molecular flexibility index (Phi) is 3.43. The number of benzene rings is 1. The van der Waals surface area contributed by atoms with Gasteiger partial charge in [-0.25, -0.2) is 0 Å². The second-order valence-corrected chi connectivity index (χ2v) is 3.46. The molecule has 0 aromatic heterocycles. The molecule has 0 saturated carbocycles. The van der Waals surface area contributed by atoms with Gasteiger partial charge in [0.1, 0.15) is 5.02 Å². The minimum absolute atomic E-state index is 0.00581. The van der Waals surface area contributed by atoms with E-state index in [0.717, 1.165) is 5.56 Å². The third-order valence-electron chi connectivity index (χ3n) is 2.01. The Balaban J connectivity index is 3.06. The molecule has 4 nitrogen and oxygen atoms in total. The summed E-state index contributed by atoms with van der Waals surface area (Å²) in [6.07, 6.45) is 0.